The first-order valence-corrected chi connectivity index (χ1v) is 6.51. The third-order valence-electron chi connectivity index (χ3n) is 2.57. The first-order chi connectivity index (χ1) is 6.97. The Bertz CT molecular complexity index is 361. The lowest BCUT2D eigenvalue weighted by molar-refractivity contribution is 0.294. The molecule has 1 fully saturated rings. The van der Waals surface area contributed by atoms with Crippen molar-refractivity contribution in [3.05, 3.63) is 27.3 Å². The van der Waals surface area contributed by atoms with Crippen molar-refractivity contribution in [3.63, 3.8) is 0 Å². The molecule has 1 aliphatic rings. The topological polar surface area (TPSA) is 9.23 Å². The molecule has 0 unspecified atom stereocenters. The molecule has 1 aromatic carbocycles. The average molecular weight is 316 g/mol. The first kappa shape index (κ1) is 11.2. The minimum atomic E-state index is 0.161. The maximum Gasteiger partial charge on any atom is 0.124 e. The molecule has 15 heavy (non-hydrogen) atoms. The van der Waals surface area contributed by atoms with E-state index in [0.717, 1.165) is 5.75 Å². The van der Waals surface area contributed by atoms with Gasteiger partial charge in [-0.25, -0.2) is 0 Å². The van der Waals surface area contributed by atoms with E-state index in [2.05, 4.69) is 61.6 Å². The Balaban J connectivity index is 2.34. The molecule has 1 aliphatic carbocycles. The highest BCUT2D eigenvalue weighted by molar-refractivity contribution is 14.1. The zero-order valence-corrected chi connectivity index (χ0v) is 11.7. The van der Waals surface area contributed by atoms with Crippen LogP contribution in [0.2, 0.25) is 0 Å². The highest BCUT2D eigenvalue weighted by Crippen LogP contribution is 2.36. The van der Waals surface area contributed by atoms with Gasteiger partial charge in [-0.05, 0) is 58.5 Å². The van der Waals surface area contributed by atoms with Crippen LogP contribution in [0.3, 0.4) is 0 Å². The third-order valence-corrected chi connectivity index (χ3v) is 3.24. The van der Waals surface area contributed by atoms with E-state index in [4.69, 9.17) is 4.74 Å². The van der Waals surface area contributed by atoms with Gasteiger partial charge in [-0.3, -0.25) is 0 Å². The monoisotopic (exact) mass is 316 g/mol. The first-order valence-electron chi connectivity index (χ1n) is 5.43. The highest BCUT2D eigenvalue weighted by Gasteiger charge is 2.27. The Morgan fingerprint density at radius 1 is 1.27 bits per heavy atom. The minimum absolute atomic E-state index is 0.161. The van der Waals surface area contributed by atoms with Crippen LogP contribution in [-0.4, -0.2) is 6.10 Å². The quantitative estimate of drug-likeness (QED) is 0.746. The molecule has 0 aromatic heterocycles. The van der Waals surface area contributed by atoms with Crippen LogP contribution in [0.4, 0.5) is 0 Å². The largest absolute Gasteiger partial charge is 0.490 e. The molecule has 0 amide bonds. The van der Waals surface area contributed by atoms with Gasteiger partial charge in [0, 0.05) is 3.57 Å². The minimum Gasteiger partial charge on any atom is -0.490 e. The van der Waals surface area contributed by atoms with Crippen LogP contribution in [0, 0.1) is 3.57 Å². The van der Waals surface area contributed by atoms with Gasteiger partial charge in [0.15, 0.2) is 0 Å². The molecule has 1 aromatic rings. The Morgan fingerprint density at radius 3 is 2.47 bits per heavy atom. The van der Waals surface area contributed by atoms with Crippen LogP contribution < -0.4 is 4.74 Å². The fourth-order valence-corrected chi connectivity index (χ4v) is 2.04. The summed E-state index contributed by atoms with van der Waals surface area (Å²) in [5.74, 6) is 1.08. The molecule has 1 saturated carbocycles. The molecule has 82 valence electrons. The number of hydrogen-bond acceptors (Lipinski definition) is 1. The Morgan fingerprint density at radius 2 is 1.93 bits per heavy atom. The van der Waals surface area contributed by atoms with E-state index in [9.17, 15) is 0 Å². The second-order valence-corrected chi connectivity index (χ2v) is 6.45. The summed E-state index contributed by atoms with van der Waals surface area (Å²) in [5.41, 5.74) is 1.48. The normalized spacial score (nSPS) is 16.5. The Hall–Kier alpha value is -0.250. The molecule has 0 bridgehead atoms. The van der Waals surface area contributed by atoms with Gasteiger partial charge in [0.2, 0.25) is 0 Å². The number of benzene rings is 1. The fourth-order valence-electron chi connectivity index (χ4n) is 1.58. The summed E-state index contributed by atoms with van der Waals surface area (Å²) in [4.78, 5) is 0. The van der Waals surface area contributed by atoms with Crippen molar-refractivity contribution in [2.24, 2.45) is 0 Å². The van der Waals surface area contributed by atoms with Crippen LogP contribution in [-0.2, 0) is 5.41 Å². The number of rotatable bonds is 2. The number of hydrogen-bond donors (Lipinski definition) is 0. The van der Waals surface area contributed by atoms with Crippen molar-refractivity contribution >= 4 is 22.6 Å². The summed E-state index contributed by atoms with van der Waals surface area (Å²) in [7, 11) is 0. The van der Waals surface area contributed by atoms with Crippen LogP contribution in [0.5, 0.6) is 5.75 Å². The van der Waals surface area contributed by atoms with Gasteiger partial charge in [0.1, 0.15) is 5.75 Å². The van der Waals surface area contributed by atoms with Gasteiger partial charge in [-0.1, -0.05) is 26.8 Å². The van der Waals surface area contributed by atoms with E-state index in [-0.39, 0.29) is 5.41 Å². The van der Waals surface area contributed by atoms with Crippen molar-refractivity contribution < 1.29 is 4.74 Å². The summed E-state index contributed by atoms with van der Waals surface area (Å²) in [6, 6.07) is 6.50. The lowest BCUT2D eigenvalue weighted by atomic mass is 9.86. The molecule has 2 heteroatoms. The van der Waals surface area contributed by atoms with Crippen molar-refractivity contribution in [3.8, 4) is 5.75 Å². The number of halogens is 1. The molecule has 0 spiro atoms. The van der Waals surface area contributed by atoms with Gasteiger partial charge in [-0.15, -0.1) is 0 Å². The molecule has 1 nitrogen and oxygen atoms in total. The second kappa shape index (κ2) is 3.96. The van der Waals surface area contributed by atoms with Gasteiger partial charge in [0.25, 0.3) is 0 Å². The van der Waals surface area contributed by atoms with E-state index in [1.807, 2.05) is 0 Å². The highest BCUT2D eigenvalue weighted by atomic mass is 127. The van der Waals surface area contributed by atoms with E-state index >= 15 is 0 Å². The summed E-state index contributed by atoms with van der Waals surface area (Å²) >= 11 is 2.34. The summed E-state index contributed by atoms with van der Waals surface area (Å²) in [6.07, 6.45) is 2.91. The van der Waals surface area contributed by atoms with Crippen LogP contribution in [0.15, 0.2) is 18.2 Å². The maximum absolute atomic E-state index is 5.96. The van der Waals surface area contributed by atoms with Crippen molar-refractivity contribution in [2.45, 2.75) is 45.1 Å². The fraction of sp³-hybridized carbons (Fsp3) is 0.538. The summed E-state index contributed by atoms with van der Waals surface area (Å²) < 4.78 is 7.21. The Labute approximate surface area is 105 Å². The van der Waals surface area contributed by atoms with E-state index < -0.39 is 0 Å². The van der Waals surface area contributed by atoms with Gasteiger partial charge < -0.3 is 4.74 Å². The summed E-state index contributed by atoms with van der Waals surface area (Å²) in [5, 5.41) is 0. The number of ether oxygens (including phenoxy) is 1. The zero-order valence-electron chi connectivity index (χ0n) is 9.51. The second-order valence-electron chi connectivity index (χ2n) is 5.21. The van der Waals surface area contributed by atoms with Crippen LogP contribution in [0.25, 0.3) is 0 Å². The zero-order chi connectivity index (χ0) is 11.1. The molecule has 0 N–H and O–H groups in total. The average Bonchev–Trinajstić information content (AvgIpc) is 2.85. The predicted molar refractivity (Wildman–Crippen MR) is 71.5 cm³/mol. The maximum atomic E-state index is 5.96. The summed E-state index contributed by atoms with van der Waals surface area (Å²) in [6.45, 7) is 6.69. The van der Waals surface area contributed by atoms with Crippen molar-refractivity contribution in [1.29, 1.82) is 0 Å². The van der Waals surface area contributed by atoms with Crippen LogP contribution >= 0.6 is 22.6 Å². The molecular formula is C13H17IO. The molecule has 0 heterocycles. The smallest absolute Gasteiger partial charge is 0.124 e. The molecule has 0 saturated heterocycles. The van der Waals surface area contributed by atoms with Gasteiger partial charge in [-0.2, -0.15) is 0 Å². The molecular weight excluding hydrogens is 299 g/mol. The lowest BCUT2D eigenvalue weighted by Gasteiger charge is -2.23. The van der Waals surface area contributed by atoms with Crippen molar-refractivity contribution in [1.82, 2.24) is 0 Å². The van der Waals surface area contributed by atoms with Gasteiger partial charge >= 0.3 is 0 Å². The van der Waals surface area contributed by atoms with Gasteiger partial charge in [0.05, 0.1) is 6.10 Å². The predicted octanol–water partition coefficient (Wildman–Crippen LogP) is 4.13. The molecule has 0 radical (unpaired) electrons. The lowest BCUT2D eigenvalue weighted by Crippen LogP contribution is -2.14. The van der Waals surface area contributed by atoms with E-state index in [0.29, 0.717) is 6.10 Å². The molecule has 0 atom stereocenters. The standard InChI is InChI=1S/C13H17IO/c1-13(2,3)11-7-4-9(14)8-12(11)15-10-5-6-10/h4,7-8,10H,5-6H2,1-3H3. The Kier molecular flexibility index (Phi) is 2.97. The molecule has 2 rings (SSSR count). The van der Waals surface area contributed by atoms with E-state index in [1.54, 1.807) is 0 Å². The van der Waals surface area contributed by atoms with Crippen molar-refractivity contribution in [2.75, 3.05) is 0 Å². The van der Waals surface area contributed by atoms with E-state index in [1.165, 1.54) is 22.0 Å². The molecule has 0 aliphatic heterocycles. The third kappa shape index (κ3) is 2.86. The van der Waals surface area contributed by atoms with Crippen LogP contribution in [0.1, 0.15) is 39.2 Å². The SMILES string of the molecule is CC(C)(C)c1ccc(I)cc1OC1CC1.